The van der Waals surface area contributed by atoms with Gasteiger partial charge in [0.05, 0.1) is 7.11 Å². The Kier molecular flexibility index (Phi) is 4.84. The van der Waals surface area contributed by atoms with E-state index in [4.69, 9.17) is 4.74 Å². The molecular formula is C19H29NO. The van der Waals surface area contributed by atoms with Crippen LogP contribution < -0.4 is 10.1 Å². The molecule has 1 aromatic rings. The van der Waals surface area contributed by atoms with Crippen LogP contribution in [0, 0.1) is 11.8 Å². The lowest BCUT2D eigenvalue weighted by atomic mass is 9.81. The number of methoxy groups -OCH3 is 1. The van der Waals surface area contributed by atoms with E-state index in [2.05, 4.69) is 30.4 Å². The highest BCUT2D eigenvalue weighted by molar-refractivity contribution is 5.40. The van der Waals surface area contributed by atoms with E-state index in [0.717, 1.165) is 17.6 Å². The minimum absolute atomic E-state index is 0.539. The molecule has 1 N–H and O–H groups in total. The highest BCUT2D eigenvalue weighted by atomic mass is 16.5. The third-order valence-corrected chi connectivity index (χ3v) is 5.51. The molecule has 3 rings (SSSR count). The van der Waals surface area contributed by atoms with Crippen LogP contribution in [0.5, 0.6) is 5.75 Å². The van der Waals surface area contributed by atoms with Crippen molar-refractivity contribution in [3.05, 3.63) is 29.3 Å². The Hall–Kier alpha value is -1.02. The van der Waals surface area contributed by atoms with Crippen molar-refractivity contribution in [3.8, 4) is 5.75 Å². The van der Waals surface area contributed by atoms with E-state index >= 15 is 0 Å². The van der Waals surface area contributed by atoms with Gasteiger partial charge < -0.3 is 10.1 Å². The summed E-state index contributed by atoms with van der Waals surface area (Å²) >= 11 is 0. The predicted molar refractivity (Wildman–Crippen MR) is 87.8 cm³/mol. The van der Waals surface area contributed by atoms with Crippen molar-refractivity contribution in [2.75, 3.05) is 13.7 Å². The average molecular weight is 287 g/mol. The molecule has 0 spiro atoms. The Morgan fingerprint density at radius 3 is 2.71 bits per heavy atom. The molecule has 0 bridgehead atoms. The summed E-state index contributed by atoms with van der Waals surface area (Å²) in [5.74, 6) is 2.91. The topological polar surface area (TPSA) is 21.3 Å². The van der Waals surface area contributed by atoms with Gasteiger partial charge in [-0.05, 0) is 60.9 Å². The molecule has 0 radical (unpaired) electrons. The molecule has 0 amide bonds. The molecule has 1 unspecified atom stereocenters. The monoisotopic (exact) mass is 287 g/mol. The zero-order valence-electron chi connectivity index (χ0n) is 13.5. The first-order valence-corrected chi connectivity index (χ1v) is 8.66. The number of hydrogen-bond donors (Lipinski definition) is 1. The second-order valence-electron chi connectivity index (χ2n) is 7.02. The summed E-state index contributed by atoms with van der Waals surface area (Å²) in [4.78, 5) is 0. The average Bonchev–Trinajstić information content (AvgIpc) is 2.91. The van der Waals surface area contributed by atoms with Crippen molar-refractivity contribution in [1.82, 2.24) is 5.32 Å². The molecule has 0 heterocycles. The van der Waals surface area contributed by atoms with Crippen molar-refractivity contribution in [2.45, 2.75) is 57.9 Å². The fraction of sp³-hybridized carbons (Fsp3) is 0.684. The van der Waals surface area contributed by atoms with Gasteiger partial charge in [-0.15, -0.1) is 0 Å². The van der Waals surface area contributed by atoms with E-state index in [9.17, 15) is 0 Å². The quantitative estimate of drug-likeness (QED) is 0.861. The van der Waals surface area contributed by atoms with E-state index in [1.54, 1.807) is 7.11 Å². The first-order chi connectivity index (χ1) is 10.3. The molecule has 2 aliphatic carbocycles. The van der Waals surface area contributed by atoms with Crippen LogP contribution in [0.3, 0.4) is 0 Å². The molecule has 1 aromatic carbocycles. The molecule has 2 nitrogen and oxygen atoms in total. The fourth-order valence-electron chi connectivity index (χ4n) is 4.00. The van der Waals surface area contributed by atoms with E-state index < -0.39 is 0 Å². The van der Waals surface area contributed by atoms with Gasteiger partial charge in [-0.25, -0.2) is 0 Å². The number of nitrogens with one attached hydrogen (secondary N) is 1. The summed E-state index contributed by atoms with van der Waals surface area (Å²) in [6.07, 6.45) is 9.56. The highest BCUT2D eigenvalue weighted by Crippen LogP contribution is 2.34. The molecule has 0 aliphatic heterocycles. The number of aryl methyl sites for hydroxylation is 1. The van der Waals surface area contributed by atoms with E-state index in [1.165, 1.54) is 62.6 Å². The third-order valence-electron chi connectivity index (χ3n) is 5.51. The van der Waals surface area contributed by atoms with Crippen molar-refractivity contribution < 1.29 is 4.74 Å². The number of hydrogen-bond acceptors (Lipinski definition) is 2. The summed E-state index contributed by atoms with van der Waals surface area (Å²) in [7, 11) is 1.75. The van der Waals surface area contributed by atoms with Crippen molar-refractivity contribution in [1.29, 1.82) is 0 Å². The lowest BCUT2D eigenvalue weighted by Crippen LogP contribution is -2.24. The van der Waals surface area contributed by atoms with Crippen LogP contribution in [0.15, 0.2) is 18.2 Å². The Morgan fingerprint density at radius 1 is 1.14 bits per heavy atom. The molecule has 1 atom stereocenters. The first-order valence-electron chi connectivity index (χ1n) is 8.66. The van der Waals surface area contributed by atoms with Gasteiger partial charge in [-0.3, -0.25) is 0 Å². The second-order valence-corrected chi connectivity index (χ2v) is 7.02. The van der Waals surface area contributed by atoms with Gasteiger partial charge in [0.15, 0.2) is 0 Å². The Balaban J connectivity index is 1.49. The summed E-state index contributed by atoms with van der Waals surface area (Å²) in [6.45, 7) is 3.57. The van der Waals surface area contributed by atoms with Crippen molar-refractivity contribution in [3.63, 3.8) is 0 Å². The number of rotatable bonds is 5. The number of ether oxygens (including phenoxy) is 1. The van der Waals surface area contributed by atoms with Crippen molar-refractivity contribution >= 4 is 0 Å². The summed E-state index contributed by atoms with van der Waals surface area (Å²) < 4.78 is 5.37. The van der Waals surface area contributed by atoms with Crippen LogP contribution in [-0.4, -0.2) is 13.7 Å². The third kappa shape index (κ3) is 3.60. The van der Waals surface area contributed by atoms with E-state index in [1.807, 2.05) is 0 Å². The summed E-state index contributed by atoms with van der Waals surface area (Å²) in [5.41, 5.74) is 2.96. The van der Waals surface area contributed by atoms with Gasteiger partial charge in [0.25, 0.3) is 0 Å². The van der Waals surface area contributed by atoms with Gasteiger partial charge in [0.1, 0.15) is 5.75 Å². The molecular weight excluding hydrogens is 258 g/mol. The lowest BCUT2D eigenvalue weighted by Gasteiger charge is -2.26. The van der Waals surface area contributed by atoms with Gasteiger partial charge in [-0.2, -0.15) is 0 Å². The Labute approximate surface area is 129 Å². The maximum Gasteiger partial charge on any atom is 0.119 e. The predicted octanol–water partition coefficient (Wildman–Crippen LogP) is 4.49. The van der Waals surface area contributed by atoms with Crippen LogP contribution in [-0.2, 0) is 6.42 Å². The van der Waals surface area contributed by atoms with Gasteiger partial charge in [-0.1, -0.05) is 38.7 Å². The standard InChI is InChI=1S/C19H29NO/c1-14-3-5-15(6-4-14)11-12-20-19-10-8-16-7-9-17(21-2)13-18(16)19/h7,9,13-15,19-20H,3-6,8,10-12H2,1-2H3. The molecule has 2 heteroatoms. The first kappa shape index (κ1) is 14.9. The van der Waals surface area contributed by atoms with E-state index in [-0.39, 0.29) is 0 Å². The zero-order valence-corrected chi connectivity index (χ0v) is 13.5. The van der Waals surface area contributed by atoms with Gasteiger partial charge in [0.2, 0.25) is 0 Å². The zero-order chi connectivity index (χ0) is 14.7. The molecule has 0 aromatic heterocycles. The minimum atomic E-state index is 0.539. The summed E-state index contributed by atoms with van der Waals surface area (Å²) in [6, 6.07) is 7.09. The van der Waals surface area contributed by atoms with Crippen molar-refractivity contribution in [2.24, 2.45) is 11.8 Å². The fourth-order valence-corrected chi connectivity index (χ4v) is 4.00. The molecule has 0 saturated heterocycles. The number of benzene rings is 1. The SMILES string of the molecule is COc1ccc2c(c1)C(NCCC1CCC(C)CC1)CC2. The number of fused-ring (bicyclic) bond motifs is 1. The smallest absolute Gasteiger partial charge is 0.119 e. The highest BCUT2D eigenvalue weighted by Gasteiger charge is 2.23. The van der Waals surface area contributed by atoms with Crippen LogP contribution in [0.25, 0.3) is 0 Å². The Bertz CT molecular complexity index is 463. The van der Waals surface area contributed by atoms with Gasteiger partial charge in [0, 0.05) is 6.04 Å². The molecule has 1 fully saturated rings. The normalized spacial score (nSPS) is 28.4. The Morgan fingerprint density at radius 2 is 1.95 bits per heavy atom. The van der Waals surface area contributed by atoms with Crippen LogP contribution in [0.4, 0.5) is 0 Å². The van der Waals surface area contributed by atoms with E-state index in [0.29, 0.717) is 6.04 Å². The van der Waals surface area contributed by atoms with Crippen LogP contribution in [0.2, 0.25) is 0 Å². The molecule has 116 valence electrons. The molecule has 2 aliphatic rings. The second kappa shape index (κ2) is 6.83. The molecule has 1 saturated carbocycles. The van der Waals surface area contributed by atoms with Crippen LogP contribution in [0.1, 0.15) is 62.6 Å². The van der Waals surface area contributed by atoms with Gasteiger partial charge >= 0.3 is 0 Å². The molecule has 21 heavy (non-hydrogen) atoms. The lowest BCUT2D eigenvalue weighted by molar-refractivity contribution is 0.272. The maximum atomic E-state index is 5.37. The largest absolute Gasteiger partial charge is 0.497 e. The summed E-state index contributed by atoms with van der Waals surface area (Å²) in [5, 5.41) is 3.79. The maximum absolute atomic E-state index is 5.37. The van der Waals surface area contributed by atoms with Crippen LogP contribution >= 0.6 is 0 Å². The minimum Gasteiger partial charge on any atom is -0.497 e.